The predicted octanol–water partition coefficient (Wildman–Crippen LogP) is 3.39. The van der Waals surface area contributed by atoms with E-state index in [0.29, 0.717) is 22.8 Å². The Hall–Kier alpha value is -4.25. The number of rotatable bonds is 6. The number of aromatic hydroxyl groups is 1. The summed E-state index contributed by atoms with van der Waals surface area (Å²) in [5.41, 5.74) is 1.49. The van der Waals surface area contributed by atoms with E-state index >= 15 is 0 Å². The summed E-state index contributed by atoms with van der Waals surface area (Å²) < 4.78 is 17.4. The molecule has 4 rings (SSSR count). The quantitative estimate of drug-likeness (QED) is 0.578. The Morgan fingerprint density at radius 3 is 2.55 bits per heavy atom. The van der Waals surface area contributed by atoms with Gasteiger partial charge in [0, 0.05) is 0 Å². The zero-order chi connectivity index (χ0) is 23.7. The lowest BCUT2D eigenvalue weighted by Gasteiger charge is -2.17. The maximum absolute atomic E-state index is 13.1. The van der Waals surface area contributed by atoms with Gasteiger partial charge in [-0.05, 0) is 55.2 Å². The number of carbonyl (C=O) groups is 1. The van der Waals surface area contributed by atoms with Crippen LogP contribution in [0.25, 0.3) is 0 Å². The van der Waals surface area contributed by atoms with Crippen molar-refractivity contribution in [2.75, 3.05) is 13.4 Å². The molecule has 0 saturated carbocycles. The Labute approximate surface area is 190 Å². The van der Waals surface area contributed by atoms with Crippen molar-refractivity contribution in [2.24, 2.45) is 0 Å². The largest absolute Gasteiger partial charge is 0.494 e. The number of para-hydroxylation sites is 1. The van der Waals surface area contributed by atoms with Gasteiger partial charge in [-0.2, -0.15) is 5.26 Å². The first-order valence-corrected chi connectivity index (χ1v) is 10.3. The van der Waals surface area contributed by atoms with Crippen molar-refractivity contribution in [3.8, 4) is 29.2 Å². The molecule has 0 amide bonds. The lowest BCUT2D eigenvalue weighted by molar-refractivity contribution is 0.0915. The monoisotopic (exact) mass is 446 g/mol. The smallest absolute Gasteiger partial charge is 0.271 e. The number of carbonyl (C=O) groups excluding carboxylic acids is 1. The summed E-state index contributed by atoms with van der Waals surface area (Å²) in [5.74, 6) is 0.632. The molecule has 0 aliphatic carbocycles. The standard InChI is InChI=1S/C25H22N2O6/c1-14-5-4-6-15(2)23(14)31-12-19(28)22-16(3)18(10-26)24(29)27(25(22)30)11-17-7-8-20-21(9-17)33-13-32-20/h4-9,30H,11-13H2,1-3H3. The molecule has 8 heteroatoms. The van der Waals surface area contributed by atoms with Crippen LogP contribution >= 0.6 is 0 Å². The van der Waals surface area contributed by atoms with Gasteiger partial charge < -0.3 is 19.3 Å². The van der Waals surface area contributed by atoms with Gasteiger partial charge in [-0.25, -0.2) is 0 Å². The molecule has 33 heavy (non-hydrogen) atoms. The number of Topliss-reactive ketones (excluding diaryl/α,β-unsaturated/α-hetero) is 1. The number of fused-ring (bicyclic) bond motifs is 1. The summed E-state index contributed by atoms with van der Waals surface area (Å²) in [5, 5.41) is 20.5. The molecule has 0 saturated heterocycles. The molecule has 3 aromatic rings. The van der Waals surface area contributed by atoms with E-state index < -0.39 is 17.2 Å². The SMILES string of the molecule is Cc1cccc(C)c1OCC(=O)c1c(C)c(C#N)c(=O)n(Cc2ccc3c(c2)OCO3)c1O. The zero-order valence-electron chi connectivity index (χ0n) is 18.5. The fraction of sp³-hybridized carbons (Fsp3) is 0.240. The van der Waals surface area contributed by atoms with Gasteiger partial charge in [0.05, 0.1) is 12.1 Å². The third-order valence-electron chi connectivity index (χ3n) is 5.61. The highest BCUT2D eigenvalue weighted by Crippen LogP contribution is 2.33. The first-order valence-electron chi connectivity index (χ1n) is 10.3. The predicted molar refractivity (Wildman–Crippen MR) is 119 cm³/mol. The van der Waals surface area contributed by atoms with Gasteiger partial charge in [0.1, 0.15) is 17.4 Å². The fourth-order valence-electron chi connectivity index (χ4n) is 3.89. The molecule has 0 spiro atoms. The summed E-state index contributed by atoms with van der Waals surface area (Å²) in [6.45, 7) is 4.90. The van der Waals surface area contributed by atoms with Crippen LogP contribution < -0.4 is 19.8 Å². The minimum Gasteiger partial charge on any atom is -0.494 e. The minimum atomic E-state index is -0.683. The van der Waals surface area contributed by atoms with Gasteiger partial charge in [-0.3, -0.25) is 14.2 Å². The van der Waals surface area contributed by atoms with E-state index in [-0.39, 0.29) is 36.6 Å². The summed E-state index contributed by atoms with van der Waals surface area (Å²) in [4.78, 5) is 26.0. The fourth-order valence-corrected chi connectivity index (χ4v) is 3.89. The van der Waals surface area contributed by atoms with E-state index in [4.69, 9.17) is 14.2 Å². The highest BCUT2D eigenvalue weighted by Gasteiger charge is 2.25. The number of hydrogen-bond acceptors (Lipinski definition) is 7. The Morgan fingerprint density at radius 1 is 1.15 bits per heavy atom. The summed E-state index contributed by atoms with van der Waals surface area (Å²) >= 11 is 0. The molecule has 0 fully saturated rings. The van der Waals surface area contributed by atoms with Crippen LogP contribution in [0.2, 0.25) is 0 Å². The summed E-state index contributed by atoms with van der Waals surface area (Å²) in [7, 11) is 0. The number of ether oxygens (including phenoxy) is 3. The molecule has 1 N–H and O–H groups in total. The van der Waals surface area contributed by atoms with Crippen molar-refractivity contribution < 1.29 is 24.1 Å². The van der Waals surface area contributed by atoms with E-state index in [0.717, 1.165) is 15.7 Å². The molecule has 1 aliphatic heterocycles. The van der Waals surface area contributed by atoms with Crippen LogP contribution in [0.3, 0.4) is 0 Å². The molecule has 2 heterocycles. The highest BCUT2D eigenvalue weighted by molar-refractivity contribution is 6.01. The third kappa shape index (κ3) is 4.01. The van der Waals surface area contributed by atoms with Gasteiger partial charge in [0.25, 0.3) is 5.56 Å². The second-order valence-corrected chi connectivity index (χ2v) is 7.82. The lowest BCUT2D eigenvalue weighted by atomic mass is 10.0. The average Bonchev–Trinajstić information content (AvgIpc) is 3.24. The molecule has 2 aromatic carbocycles. The van der Waals surface area contributed by atoms with Gasteiger partial charge in [0.2, 0.25) is 18.5 Å². The number of nitrogens with zero attached hydrogens (tertiary/aromatic N) is 2. The van der Waals surface area contributed by atoms with Crippen molar-refractivity contribution in [2.45, 2.75) is 27.3 Å². The Bertz CT molecular complexity index is 1350. The second kappa shape index (κ2) is 8.71. The van der Waals surface area contributed by atoms with Crippen LogP contribution in [0.1, 0.15) is 38.2 Å². The van der Waals surface area contributed by atoms with Crippen LogP contribution in [-0.2, 0) is 6.54 Å². The highest BCUT2D eigenvalue weighted by atomic mass is 16.7. The average molecular weight is 446 g/mol. The van der Waals surface area contributed by atoms with Crippen LogP contribution in [0.5, 0.6) is 23.1 Å². The van der Waals surface area contributed by atoms with Crippen molar-refractivity contribution >= 4 is 5.78 Å². The molecule has 168 valence electrons. The van der Waals surface area contributed by atoms with Gasteiger partial charge >= 0.3 is 0 Å². The van der Waals surface area contributed by atoms with Gasteiger partial charge in [-0.1, -0.05) is 24.3 Å². The Kier molecular flexibility index (Phi) is 5.80. The Morgan fingerprint density at radius 2 is 1.85 bits per heavy atom. The number of aryl methyl sites for hydroxylation is 2. The number of hydrogen-bond donors (Lipinski definition) is 1. The van der Waals surface area contributed by atoms with Crippen LogP contribution in [0, 0.1) is 32.1 Å². The van der Waals surface area contributed by atoms with E-state index in [9.17, 15) is 20.0 Å². The molecule has 1 aliphatic rings. The lowest BCUT2D eigenvalue weighted by Crippen LogP contribution is -2.28. The molecule has 8 nitrogen and oxygen atoms in total. The molecular weight excluding hydrogens is 424 g/mol. The molecular formula is C25H22N2O6. The van der Waals surface area contributed by atoms with E-state index in [1.807, 2.05) is 38.1 Å². The van der Waals surface area contributed by atoms with E-state index in [1.54, 1.807) is 18.2 Å². The number of ketones is 1. The first kappa shape index (κ1) is 22.0. The molecule has 1 aromatic heterocycles. The maximum atomic E-state index is 13.1. The van der Waals surface area contributed by atoms with Crippen LogP contribution in [0.15, 0.2) is 41.2 Å². The molecule has 0 bridgehead atoms. The second-order valence-electron chi connectivity index (χ2n) is 7.82. The molecule has 0 atom stereocenters. The number of benzene rings is 2. The zero-order valence-corrected chi connectivity index (χ0v) is 18.5. The number of pyridine rings is 1. The molecule has 0 radical (unpaired) electrons. The topological polar surface area (TPSA) is 111 Å². The minimum absolute atomic E-state index is 0.0612. The van der Waals surface area contributed by atoms with E-state index in [2.05, 4.69) is 0 Å². The van der Waals surface area contributed by atoms with Crippen molar-refractivity contribution in [3.63, 3.8) is 0 Å². The number of aromatic nitrogens is 1. The van der Waals surface area contributed by atoms with E-state index in [1.165, 1.54) is 6.92 Å². The van der Waals surface area contributed by atoms with Gasteiger partial charge in [-0.15, -0.1) is 0 Å². The molecule has 0 unspecified atom stereocenters. The summed E-state index contributed by atoms with van der Waals surface area (Å²) in [6.07, 6.45) is 0. The van der Waals surface area contributed by atoms with Crippen LogP contribution in [-0.4, -0.2) is 28.9 Å². The third-order valence-corrected chi connectivity index (χ3v) is 5.61. The number of nitriles is 1. The van der Waals surface area contributed by atoms with Crippen molar-refractivity contribution in [1.82, 2.24) is 4.57 Å². The Balaban J connectivity index is 1.70. The normalized spacial score (nSPS) is 11.8. The van der Waals surface area contributed by atoms with Crippen molar-refractivity contribution in [1.29, 1.82) is 5.26 Å². The van der Waals surface area contributed by atoms with Crippen molar-refractivity contribution in [3.05, 3.63) is 80.1 Å². The van der Waals surface area contributed by atoms with Crippen LogP contribution in [0.4, 0.5) is 0 Å². The first-order chi connectivity index (χ1) is 15.8. The maximum Gasteiger partial charge on any atom is 0.271 e. The summed E-state index contributed by atoms with van der Waals surface area (Å²) in [6, 6.07) is 12.6. The van der Waals surface area contributed by atoms with Gasteiger partial charge in [0.15, 0.2) is 18.1 Å².